The number of nitrogens with zero attached hydrogens (tertiary/aromatic N) is 2. The van der Waals surface area contributed by atoms with Gasteiger partial charge >= 0.3 is 0 Å². The molecule has 1 saturated heterocycles. The number of hydrogen-bond donors (Lipinski definition) is 1. The van der Waals surface area contributed by atoms with Crippen molar-refractivity contribution in [3.8, 4) is 0 Å². The maximum Gasteiger partial charge on any atom is 0.0715 e. The van der Waals surface area contributed by atoms with Crippen molar-refractivity contribution in [2.75, 3.05) is 24.5 Å². The van der Waals surface area contributed by atoms with Crippen molar-refractivity contribution < 1.29 is 5.11 Å². The molecule has 2 aromatic rings. The largest absolute Gasteiger partial charge is 0.391 e. The molecule has 0 aliphatic carbocycles. The normalized spacial score (nSPS) is 18.6. The minimum atomic E-state index is -0.190. The van der Waals surface area contributed by atoms with E-state index in [1.807, 2.05) is 0 Å². The quantitative estimate of drug-likeness (QED) is 0.595. The summed E-state index contributed by atoms with van der Waals surface area (Å²) in [5, 5.41) is 12.3. The molecule has 0 aromatic heterocycles. The second-order valence-electron chi connectivity index (χ2n) is 8.39. The Balaban J connectivity index is 1.70. The van der Waals surface area contributed by atoms with Gasteiger partial charge in [0.25, 0.3) is 0 Å². The van der Waals surface area contributed by atoms with Gasteiger partial charge in [-0.25, -0.2) is 0 Å². The van der Waals surface area contributed by atoms with Crippen molar-refractivity contribution in [1.82, 2.24) is 4.31 Å². The van der Waals surface area contributed by atoms with E-state index < -0.39 is 0 Å². The molecule has 0 radical (unpaired) electrons. The van der Waals surface area contributed by atoms with Crippen LogP contribution in [-0.4, -0.2) is 40.5 Å². The molecule has 2 aromatic carbocycles. The van der Waals surface area contributed by atoms with Gasteiger partial charge in [-0.3, -0.25) is 4.31 Å². The monoisotopic (exact) mass is 412 g/mol. The van der Waals surface area contributed by atoms with Crippen LogP contribution in [-0.2, 0) is 12.3 Å². The van der Waals surface area contributed by atoms with Crippen LogP contribution in [0.3, 0.4) is 0 Å². The molecule has 1 fully saturated rings. The van der Waals surface area contributed by atoms with E-state index in [-0.39, 0.29) is 16.8 Å². The van der Waals surface area contributed by atoms with Crippen LogP contribution >= 0.6 is 10.7 Å². The Morgan fingerprint density at radius 1 is 1.10 bits per heavy atom. The van der Waals surface area contributed by atoms with Crippen LogP contribution in [0.2, 0.25) is 0 Å². The maximum atomic E-state index is 9.96. The molecular formula is C25H36N2OS. The molecule has 3 rings (SSSR count). The summed E-state index contributed by atoms with van der Waals surface area (Å²) in [7, 11) is 0.109. The van der Waals surface area contributed by atoms with Gasteiger partial charge in [0.05, 0.1) is 6.10 Å². The summed E-state index contributed by atoms with van der Waals surface area (Å²) in [5.74, 6) is 1.71. The summed E-state index contributed by atoms with van der Waals surface area (Å²) in [6, 6.07) is 19.8. The molecule has 4 heteroatoms. The Bertz CT molecular complexity index is 773. The van der Waals surface area contributed by atoms with Crippen LogP contribution in [0.25, 0.3) is 0 Å². The predicted octanol–water partition coefficient (Wildman–Crippen LogP) is 5.31. The van der Waals surface area contributed by atoms with E-state index in [1.54, 1.807) is 0 Å². The van der Waals surface area contributed by atoms with Gasteiger partial charge in [0.2, 0.25) is 0 Å². The van der Waals surface area contributed by atoms with Gasteiger partial charge in [0.1, 0.15) is 0 Å². The highest BCUT2D eigenvalue weighted by atomic mass is 32.2. The summed E-state index contributed by atoms with van der Waals surface area (Å²) in [4.78, 5) is 2.31. The highest BCUT2D eigenvalue weighted by Crippen LogP contribution is 2.29. The Morgan fingerprint density at radius 2 is 1.83 bits per heavy atom. The van der Waals surface area contributed by atoms with Crippen molar-refractivity contribution in [3.05, 3.63) is 65.7 Å². The van der Waals surface area contributed by atoms with Crippen LogP contribution < -0.4 is 4.90 Å². The van der Waals surface area contributed by atoms with Crippen LogP contribution in [0.15, 0.2) is 54.6 Å². The third-order valence-corrected chi connectivity index (χ3v) is 7.50. The Kier molecular flexibility index (Phi) is 8.34. The minimum absolute atomic E-state index is 0.109. The molecule has 1 aliphatic heterocycles. The Labute approximate surface area is 179 Å². The molecule has 1 N–H and O–H groups in total. The predicted molar refractivity (Wildman–Crippen MR) is 129 cm³/mol. The molecule has 1 heterocycles. The third kappa shape index (κ3) is 6.70. The summed E-state index contributed by atoms with van der Waals surface area (Å²) in [5.41, 5.74) is 3.99. The van der Waals surface area contributed by atoms with Gasteiger partial charge in [-0.1, -0.05) is 56.3 Å². The van der Waals surface area contributed by atoms with Gasteiger partial charge in [-0.05, 0) is 54.3 Å². The number of aliphatic hydroxyl groups excluding tert-OH is 1. The van der Waals surface area contributed by atoms with E-state index >= 15 is 0 Å². The summed E-state index contributed by atoms with van der Waals surface area (Å²) >= 11 is 0. The van der Waals surface area contributed by atoms with Crippen LogP contribution in [0.1, 0.15) is 44.7 Å². The standard InChI is InChI=1S/C25H36N2OS/c1-4-29(20-23-9-6-5-7-10-23)27(17-21(2)3)18-22-12-14-24(15-13-22)26-16-8-11-25(28)19-26/h4-7,9-10,12-15,21,25,28H,8,11,16-20H2,1-3H3. The van der Waals surface area contributed by atoms with Crippen molar-refractivity contribution in [1.29, 1.82) is 0 Å². The zero-order chi connectivity index (χ0) is 20.6. The Hall–Kier alpha value is -1.62. The topological polar surface area (TPSA) is 26.7 Å². The van der Waals surface area contributed by atoms with E-state index in [0.717, 1.165) is 44.8 Å². The molecule has 29 heavy (non-hydrogen) atoms. The van der Waals surface area contributed by atoms with E-state index in [1.165, 1.54) is 16.8 Å². The molecule has 1 aliphatic rings. The van der Waals surface area contributed by atoms with Crippen LogP contribution in [0.4, 0.5) is 5.69 Å². The van der Waals surface area contributed by atoms with Crippen molar-refractivity contribution >= 4 is 21.7 Å². The van der Waals surface area contributed by atoms with Crippen LogP contribution in [0.5, 0.6) is 0 Å². The Morgan fingerprint density at radius 3 is 2.45 bits per heavy atom. The first-order chi connectivity index (χ1) is 14.0. The number of benzene rings is 2. The lowest BCUT2D eigenvalue weighted by atomic mass is 10.1. The molecule has 0 amide bonds. The summed E-state index contributed by atoms with van der Waals surface area (Å²) < 4.78 is 2.64. The zero-order valence-corrected chi connectivity index (χ0v) is 18.9. The highest BCUT2D eigenvalue weighted by molar-refractivity contribution is 8.12. The number of β-amino-alcohol motifs (C(OH)–C–C–N with tert-alkyl or cyclic N) is 1. The fraction of sp³-hybridized carbons (Fsp3) is 0.480. The van der Waals surface area contributed by atoms with Crippen molar-refractivity contribution in [2.45, 2.75) is 52.0 Å². The van der Waals surface area contributed by atoms with E-state index in [9.17, 15) is 5.11 Å². The fourth-order valence-corrected chi connectivity index (χ4v) is 5.91. The molecule has 0 spiro atoms. The summed E-state index contributed by atoms with van der Waals surface area (Å²) in [6.45, 7) is 10.7. The molecule has 158 valence electrons. The lowest BCUT2D eigenvalue weighted by Crippen LogP contribution is -2.38. The maximum absolute atomic E-state index is 9.96. The molecule has 3 nitrogen and oxygen atoms in total. The number of hydrogen-bond acceptors (Lipinski definition) is 3. The lowest BCUT2D eigenvalue weighted by Gasteiger charge is -2.32. The molecule has 2 unspecified atom stereocenters. The average molecular weight is 413 g/mol. The van der Waals surface area contributed by atoms with Crippen molar-refractivity contribution in [2.24, 2.45) is 5.92 Å². The first-order valence-corrected chi connectivity index (χ1v) is 12.3. The van der Waals surface area contributed by atoms with Gasteiger partial charge < -0.3 is 10.0 Å². The average Bonchev–Trinajstić information content (AvgIpc) is 2.72. The van der Waals surface area contributed by atoms with E-state index in [4.69, 9.17) is 0 Å². The third-order valence-electron chi connectivity index (χ3n) is 5.39. The number of anilines is 1. The summed E-state index contributed by atoms with van der Waals surface area (Å²) in [6.07, 6.45) is 1.81. The molecule has 0 saturated carbocycles. The fourth-order valence-electron chi connectivity index (χ4n) is 3.92. The smallest absolute Gasteiger partial charge is 0.0715 e. The van der Waals surface area contributed by atoms with Gasteiger partial charge in [0, 0.05) is 37.6 Å². The SMILES string of the molecule is CC=S(Cc1ccccc1)N(Cc1ccc(N2CCCC(O)C2)cc1)CC(C)C. The molecule has 2 atom stereocenters. The second-order valence-corrected chi connectivity index (χ2v) is 10.5. The molecule has 0 bridgehead atoms. The van der Waals surface area contributed by atoms with E-state index in [0.29, 0.717) is 5.92 Å². The first-order valence-electron chi connectivity index (χ1n) is 10.8. The van der Waals surface area contributed by atoms with Crippen LogP contribution in [0, 0.1) is 5.92 Å². The zero-order valence-electron chi connectivity index (χ0n) is 18.1. The molecular weight excluding hydrogens is 376 g/mol. The first kappa shape index (κ1) is 22.1. The number of rotatable bonds is 8. The second kappa shape index (κ2) is 11.0. The minimum Gasteiger partial charge on any atom is -0.391 e. The van der Waals surface area contributed by atoms with Gasteiger partial charge in [0.15, 0.2) is 0 Å². The van der Waals surface area contributed by atoms with Gasteiger partial charge in [-0.2, -0.15) is 0 Å². The highest BCUT2D eigenvalue weighted by Gasteiger charge is 2.18. The van der Waals surface area contributed by atoms with E-state index in [2.05, 4.69) is 89.9 Å². The van der Waals surface area contributed by atoms with Crippen molar-refractivity contribution in [3.63, 3.8) is 0 Å². The number of piperidine rings is 1. The lowest BCUT2D eigenvalue weighted by molar-refractivity contribution is 0.154. The number of aliphatic hydroxyl groups is 1. The van der Waals surface area contributed by atoms with Gasteiger partial charge in [-0.15, -0.1) is 10.7 Å².